The molecule has 0 aromatic rings. The summed E-state index contributed by atoms with van der Waals surface area (Å²) in [5, 5.41) is 7.04. The van der Waals surface area contributed by atoms with Gasteiger partial charge in [-0.1, -0.05) is 12.3 Å². The molecule has 3 nitrogen and oxygen atoms in total. The van der Waals surface area contributed by atoms with E-state index >= 15 is 0 Å². The van der Waals surface area contributed by atoms with Crippen LogP contribution in [-0.4, -0.2) is 42.3 Å². The number of hydrogen-bond donors (Lipinski definition) is 1. The molecule has 4 heteroatoms. The van der Waals surface area contributed by atoms with Gasteiger partial charge in [-0.3, -0.25) is 4.90 Å². The lowest BCUT2D eigenvalue weighted by molar-refractivity contribution is -0.581. The molecule has 1 atom stereocenters. The average molecular weight is 193 g/mol. The minimum Gasteiger partial charge on any atom is -0.271 e. The third kappa shape index (κ3) is 3.86. The smallest absolute Gasteiger partial charge is 0.271 e. The zero-order valence-corrected chi connectivity index (χ0v) is 9.11. The van der Waals surface area contributed by atoms with E-state index in [4.69, 9.17) is 5.41 Å². The lowest BCUT2D eigenvalue weighted by Crippen LogP contribution is -2.38. The van der Waals surface area contributed by atoms with E-state index in [-0.39, 0.29) is 12.4 Å². The summed E-state index contributed by atoms with van der Waals surface area (Å²) in [4.78, 5) is 2.10. The van der Waals surface area contributed by atoms with Gasteiger partial charge in [0, 0.05) is 0 Å². The fraction of sp³-hybridized carbons (Fsp3) is 0.875. The Morgan fingerprint density at radius 2 is 1.92 bits per heavy atom. The summed E-state index contributed by atoms with van der Waals surface area (Å²) < 4.78 is 1.89. The van der Waals surface area contributed by atoms with Crippen LogP contribution in [0.2, 0.25) is 0 Å². The van der Waals surface area contributed by atoms with Crippen molar-refractivity contribution in [1.29, 1.82) is 5.41 Å². The van der Waals surface area contributed by atoms with Crippen LogP contribution < -0.4 is 0 Å². The minimum absolute atomic E-state index is 0. The van der Waals surface area contributed by atoms with E-state index in [0.29, 0.717) is 6.17 Å². The van der Waals surface area contributed by atoms with Gasteiger partial charge < -0.3 is 0 Å². The first-order valence-electron chi connectivity index (χ1n) is 4.02. The van der Waals surface area contributed by atoms with E-state index in [2.05, 4.69) is 17.8 Å². The summed E-state index contributed by atoms with van der Waals surface area (Å²) in [6.45, 7) is 5.00. The summed E-state index contributed by atoms with van der Waals surface area (Å²) in [7, 11) is 4.04. The topological polar surface area (TPSA) is 30.1 Å². The van der Waals surface area contributed by atoms with Gasteiger partial charge in [-0.2, -0.15) is 0 Å². The maximum atomic E-state index is 7.04. The summed E-state index contributed by atoms with van der Waals surface area (Å²) >= 11 is 0. The van der Waals surface area contributed by atoms with Crippen LogP contribution in [0.3, 0.4) is 0 Å². The summed E-state index contributed by atoms with van der Waals surface area (Å²) in [5.74, 6) is 0. The van der Waals surface area contributed by atoms with Gasteiger partial charge in [0.05, 0.1) is 6.54 Å². The molecule has 0 spiro atoms. The molecule has 1 N–H and O–H groups in total. The molecule has 0 fully saturated rings. The predicted molar refractivity (Wildman–Crippen MR) is 53.5 cm³/mol. The summed E-state index contributed by atoms with van der Waals surface area (Å²) in [5.41, 5.74) is 0. The second-order valence-electron chi connectivity index (χ2n) is 2.75. The molecule has 0 radical (unpaired) electrons. The molecule has 0 aliphatic heterocycles. The maximum absolute atomic E-state index is 7.04. The van der Waals surface area contributed by atoms with Gasteiger partial charge in [0.2, 0.25) is 0 Å². The van der Waals surface area contributed by atoms with Crippen molar-refractivity contribution in [3.63, 3.8) is 0 Å². The highest BCUT2D eigenvalue weighted by molar-refractivity contribution is 5.85. The van der Waals surface area contributed by atoms with E-state index in [1.54, 1.807) is 0 Å². The van der Waals surface area contributed by atoms with Gasteiger partial charge in [0.1, 0.15) is 0 Å². The molecule has 0 rings (SSSR count). The number of nitrogens with zero attached hydrogens (tertiary/aromatic N) is 2. The van der Waals surface area contributed by atoms with Gasteiger partial charge in [-0.15, -0.1) is 12.4 Å². The highest BCUT2D eigenvalue weighted by Crippen LogP contribution is 1.98. The van der Waals surface area contributed by atoms with Gasteiger partial charge in [0.15, 0.2) is 6.17 Å². The van der Waals surface area contributed by atoms with Crippen molar-refractivity contribution in [1.82, 2.24) is 4.90 Å². The molecule has 0 amide bonds. The molecular weight excluding hydrogens is 174 g/mol. The Labute approximate surface area is 81.0 Å². The van der Waals surface area contributed by atoms with Crippen LogP contribution in [-0.2, 0) is 0 Å². The zero-order chi connectivity index (χ0) is 8.85. The Morgan fingerprint density at radius 3 is 2.00 bits per heavy atom. The van der Waals surface area contributed by atoms with E-state index in [1.165, 1.54) is 0 Å². The molecule has 0 aromatic heterocycles. The van der Waals surface area contributed by atoms with Gasteiger partial charge in [-0.05, 0) is 27.4 Å². The SMILES string of the molecule is CCC(N(C)C)[N+](=C=N)CC.Cl. The molecule has 1 unspecified atom stereocenters. The molecule has 0 aromatic carbocycles. The fourth-order valence-corrected chi connectivity index (χ4v) is 1.23. The highest BCUT2D eigenvalue weighted by Gasteiger charge is 2.14. The van der Waals surface area contributed by atoms with Gasteiger partial charge in [0.25, 0.3) is 0 Å². The predicted octanol–water partition coefficient (Wildman–Crippen LogP) is 1.49. The van der Waals surface area contributed by atoms with Crippen molar-refractivity contribution < 1.29 is 4.58 Å². The highest BCUT2D eigenvalue weighted by atomic mass is 35.5. The molecule has 0 aliphatic carbocycles. The minimum atomic E-state index is 0. The van der Waals surface area contributed by atoms with Crippen LogP contribution in [0, 0.1) is 5.41 Å². The molecule has 0 bridgehead atoms. The normalized spacial score (nSPS) is 11.8. The number of nitrogens with one attached hydrogen (secondary N) is 1. The van der Waals surface area contributed by atoms with Gasteiger partial charge in [-0.25, -0.2) is 4.58 Å². The largest absolute Gasteiger partial charge is 0.305 e. The number of halogens is 1. The first-order valence-corrected chi connectivity index (χ1v) is 4.02. The Balaban J connectivity index is 0. The molecule has 0 heterocycles. The molecule has 0 saturated heterocycles. The standard InChI is InChI=1S/C8H18N3.ClH/c1-5-8(10(3)4)11(6-2)7-9;/h8-9H,5-6H2,1-4H3;1H/q+1;. The summed E-state index contributed by atoms with van der Waals surface area (Å²) in [6.07, 6.45) is 1.34. The van der Waals surface area contributed by atoms with Crippen molar-refractivity contribution in [2.24, 2.45) is 0 Å². The van der Waals surface area contributed by atoms with E-state index < -0.39 is 0 Å². The first-order chi connectivity index (χ1) is 5.17. The molecule has 12 heavy (non-hydrogen) atoms. The second kappa shape index (κ2) is 7.29. The van der Waals surface area contributed by atoms with Crippen LogP contribution >= 0.6 is 12.4 Å². The van der Waals surface area contributed by atoms with Crippen molar-refractivity contribution in [3.8, 4) is 0 Å². The third-order valence-corrected chi connectivity index (χ3v) is 1.81. The summed E-state index contributed by atoms with van der Waals surface area (Å²) in [6, 6.07) is 2.43. The van der Waals surface area contributed by atoms with E-state index in [9.17, 15) is 0 Å². The molecule has 72 valence electrons. The Bertz CT molecular complexity index is 162. The maximum Gasteiger partial charge on any atom is 0.305 e. The molecular formula is C8H19ClN3+. The van der Waals surface area contributed by atoms with Crippen LogP contribution in [0.5, 0.6) is 0 Å². The number of hydrogen-bond acceptors (Lipinski definition) is 2. The lowest BCUT2D eigenvalue weighted by Gasteiger charge is -2.20. The Hall–Kier alpha value is -0.370. The van der Waals surface area contributed by atoms with Crippen molar-refractivity contribution in [3.05, 3.63) is 0 Å². The zero-order valence-electron chi connectivity index (χ0n) is 8.29. The van der Waals surface area contributed by atoms with E-state index in [1.807, 2.05) is 25.6 Å². The monoisotopic (exact) mass is 192 g/mol. The van der Waals surface area contributed by atoms with Crippen LogP contribution in [0.1, 0.15) is 20.3 Å². The van der Waals surface area contributed by atoms with Crippen molar-refractivity contribution >= 4 is 18.4 Å². The van der Waals surface area contributed by atoms with E-state index in [0.717, 1.165) is 13.0 Å². The van der Waals surface area contributed by atoms with Crippen LogP contribution in [0.15, 0.2) is 0 Å². The fourth-order valence-electron chi connectivity index (χ4n) is 1.23. The number of rotatable bonds is 4. The van der Waals surface area contributed by atoms with Crippen molar-refractivity contribution in [2.75, 3.05) is 20.6 Å². The van der Waals surface area contributed by atoms with Crippen LogP contribution in [0.4, 0.5) is 0 Å². The first kappa shape index (κ1) is 14.2. The lowest BCUT2D eigenvalue weighted by atomic mass is 10.3. The molecule has 0 saturated carbocycles. The quantitative estimate of drug-likeness (QED) is 0.409. The Morgan fingerprint density at radius 1 is 1.42 bits per heavy atom. The van der Waals surface area contributed by atoms with Crippen molar-refractivity contribution in [2.45, 2.75) is 26.4 Å². The Kier molecular flexibility index (Phi) is 8.61. The van der Waals surface area contributed by atoms with Crippen LogP contribution in [0.25, 0.3) is 0 Å². The third-order valence-electron chi connectivity index (χ3n) is 1.81. The average Bonchev–Trinajstić information content (AvgIpc) is 1.99. The van der Waals surface area contributed by atoms with Gasteiger partial charge >= 0.3 is 6.01 Å². The molecule has 0 aliphatic rings. The second-order valence-corrected chi connectivity index (χ2v) is 2.75.